The molecule has 0 saturated heterocycles. The molecular formula is C19H23NO2. The van der Waals surface area contributed by atoms with Gasteiger partial charge in [-0.3, -0.25) is 4.79 Å². The zero-order valence-corrected chi connectivity index (χ0v) is 13.6. The average molecular weight is 297 g/mol. The zero-order chi connectivity index (χ0) is 16.3. The highest BCUT2D eigenvalue weighted by molar-refractivity contribution is 5.97. The Bertz CT molecular complexity index is 651. The number of aliphatic hydroxyl groups is 1. The monoisotopic (exact) mass is 297 g/mol. The van der Waals surface area contributed by atoms with Gasteiger partial charge in [-0.15, -0.1) is 0 Å². The minimum Gasteiger partial charge on any atom is -0.387 e. The molecule has 0 aliphatic heterocycles. The first kappa shape index (κ1) is 16.2. The van der Waals surface area contributed by atoms with Crippen LogP contribution in [0.1, 0.15) is 44.3 Å². The van der Waals surface area contributed by atoms with E-state index in [2.05, 4.69) is 5.32 Å². The van der Waals surface area contributed by atoms with E-state index in [9.17, 15) is 9.90 Å². The predicted octanol–water partition coefficient (Wildman–Crippen LogP) is 3.38. The molecule has 2 aromatic carbocycles. The van der Waals surface area contributed by atoms with Crippen molar-refractivity contribution in [1.29, 1.82) is 0 Å². The van der Waals surface area contributed by atoms with Crippen LogP contribution in [0.15, 0.2) is 36.4 Å². The van der Waals surface area contributed by atoms with Gasteiger partial charge in [-0.25, -0.2) is 0 Å². The minimum atomic E-state index is -0.699. The maximum absolute atomic E-state index is 12.4. The van der Waals surface area contributed by atoms with Crippen molar-refractivity contribution in [2.45, 2.75) is 33.8 Å². The molecule has 1 amide bonds. The third-order valence-corrected chi connectivity index (χ3v) is 3.82. The van der Waals surface area contributed by atoms with E-state index in [4.69, 9.17) is 0 Å². The summed E-state index contributed by atoms with van der Waals surface area (Å²) >= 11 is 0. The molecule has 0 aliphatic carbocycles. The topological polar surface area (TPSA) is 49.3 Å². The molecule has 0 spiro atoms. The Morgan fingerprint density at radius 2 is 1.55 bits per heavy atom. The highest BCUT2D eigenvalue weighted by Crippen LogP contribution is 2.17. The Kier molecular flexibility index (Phi) is 4.99. The lowest BCUT2D eigenvalue weighted by molar-refractivity contribution is 0.0915. The number of carbonyl (C=O) groups is 1. The van der Waals surface area contributed by atoms with Crippen LogP contribution in [-0.4, -0.2) is 17.6 Å². The quantitative estimate of drug-likeness (QED) is 0.909. The van der Waals surface area contributed by atoms with Gasteiger partial charge < -0.3 is 10.4 Å². The van der Waals surface area contributed by atoms with Crippen LogP contribution < -0.4 is 5.32 Å². The van der Waals surface area contributed by atoms with Gasteiger partial charge in [-0.05, 0) is 44.4 Å². The molecule has 0 fully saturated rings. The molecule has 1 unspecified atom stereocenters. The average Bonchev–Trinajstić information content (AvgIpc) is 2.44. The number of aryl methyl sites for hydroxylation is 4. The van der Waals surface area contributed by atoms with Crippen molar-refractivity contribution in [3.63, 3.8) is 0 Å². The molecule has 0 radical (unpaired) electrons. The summed E-state index contributed by atoms with van der Waals surface area (Å²) in [6.07, 6.45) is -0.699. The lowest BCUT2D eigenvalue weighted by Gasteiger charge is -2.15. The summed E-state index contributed by atoms with van der Waals surface area (Å²) in [6, 6.07) is 11.7. The largest absolute Gasteiger partial charge is 0.387 e. The molecule has 1 atom stereocenters. The number of carbonyl (C=O) groups excluding carboxylic acids is 1. The van der Waals surface area contributed by atoms with Crippen LogP contribution in [0.4, 0.5) is 0 Å². The molecule has 0 saturated carbocycles. The van der Waals surface area contributed by atoms with E-state index < -0.39 is 6.10 Å². The van der Waals surface area contributed by atoms with Crippen LogP contribution in [0.5, 0.6) is 0 Å². The number of nitrogens with one attached hydrogen (secondary N) is 1. The van der Waals surface area contributed by atoms with Gasteiger partial charge in [0.15, 0.2) is 0 Å². The summed E-state index contributed by atoms with van der Waals surface area (Å²) in [5.74, 6) is -0.138. The molecule has 2 N–H and O–H groups in total. The number of amides is 1. The molecule has 0 aliphatic rings. The van der Waals surface area contributed by atoms with Gasteiger partial charge in [0.25, 0.3) is 5.91 Å². The van der Waals surface area contributed by atoms with Gasteiger partial charge in [0, 0.05) is 12.1 Å². The summed E-state index contributed by atoms with van der Waals surface area (Å²) in [7, 11) is 0. The second kappa shape index (κ2) is 6.75. The SMILES string of the molecule is Cc1ccc(C(O)CNC(=O)c2c(C)cc(C)cc2C)cc1. The highest BCUT2D eigenvalue weighted by Gasteiger charge is 2.14. The Morgan fingerprint density at radius 1 is 1.00 bits per heavy atom. The second-order valence-corrected chi connectivity index (χ2v) is 5.91. The first-order chi connectivity index (χ1) is 10.4. The van der Waals surface area contributed by atoms with Crippen molar-refractivity contribution in [3.8, 4) is 0 Å². The van der Waals surface area contributed by atoms with Crippen LogP contribution in [0.2, 0.25) is 0 Å². The van der Waals surface area contributed by atoms with Crippen LogP contribution in [0.25, 0.3) is 0 Å². The molecule has 2 aromatic rings. The van der Waals surface area contributed by atoms with Crippen LogP contribution in [0, 0.1) is 27.7 Å². The molecule has 3 heteroatoms. The highest BCUT2D eigenvalue weighted by atomic mass is 16.3. The van der Waals surface area contributed by atoms with Gasteiger partial charge in [0.2, 0.25) is 0 Å². The molecule has 2 rings (SSSR count). The molecule has 3 nitrogen and oxygen atoms in total. The Balaban J connectivity index is 2.05. The van der Waals surface area contributed by atoms with Crippen LogP contribution in [0.3, 0.4) is 0 Å². The fraction of sp³-hybridized carbons (Fsp3) is 0.316. The molecule has 0 bridgehead atoms. The van der Waals surface area contributed by atoms with E-state index in [1.165, 1.54) is 0 Å². The number of hydrogen-bond donors (Lipinski definition) is 2. The zero-order valence-electron chi connectivity index (χ0n) is 13.6. The van der Waals surface area contributed by atoms with Crippen molar-refractivity contribution in [2.75, 3.05) is 6.54 Å². The van der Waals surface area contributed by atoms with E-state index in [0.717, 1.165) is 27.8 Å². The molecular weight excluding hydrogens is 274 g/mol. The summed E-state index contributed by atoms with van der Waals surface area (Å²) in [5, 5.41) is 13.0. The van der Waals surface area contributed by atoms with Gasteiger partial charge in [-0.1, -0.05) is 47.5 Å². The van der Waals surface area contributed by atoms with E-state index >= 15 is 0 Å². The fourth-order valence-electron chi connectivity index (χ4n) is 2.72. The van der Waals surface area contributed by atoms with Crippen molar-refractivity contribution in [3.05, 3.63) is 69.8 Å². The summed E-state index contributed by atoms with van der Waals surface area (Å²) < 4.78 is 0. The Morgan fingerprint density at radius 3 is 2.09 bits per heavy atom. The van der Waals surface area contributed by atoms with Gasteiger partial charge in [-0.2, -0.15) is 0 Å². The Hall–Kier alpha value is -2.13. The standard InChI is InChI=1S/C19H23NO2/c1-12-5-7-16(8-6-12)17(21)11-20-19(22)18-14(3)9-13(2)10-15(18)4/h5-10,17,21H,11H2,1-4H3,(H,20,22). The lowest BCUT2D eigenvalue weighted by atomic mass is 9.99. The number of hydrogen-bond acceptors (Lipinski definition) is 2. The lowest BCUT2D eigenvalue weighted by Crippen LogP contribution is -2.29. The second-order valence-electron chi connectivity index (χ2n) is 5.91. The van der Waals surface area contributed by atoms with Gasteiger partial charge >= 0.3 is 0 Å². The van der Waals surface area contributed by atoms with Gasteiger partial charge in [0.1, 0.15) is 0 Å². The predicted molar refractivity (Wildman–Crippen MR) is 89.1 cm³/mol. The smallest absolute Gasteiger partial charge is 0.251 e. The molecule has 0 aromatic heterocycles. The van der Waals surface area contributed by atoms with Gasteiger partial charge in [0.05, 0.1) is 6.10 Å². The first-order valence-electron chi connectivity index (χ1n) is 7.49. The van der Waals surface area contributed by atoms with E-state index in [1.807, 2.05) is 64.1 Å². The van der Waals surface area contributed by atoms with Crippen molar-refractivity contribution < 1.29 is 9.90 Å². The molecule has 0 heterocycles. The number of aliphatic hydroxyl groups excluding tert-OH is 1. The number of rotatable bonds is 4. The van der Waals surface area contributed by atoms with Crippen molar-refractivity contribution in [1.82, 2.24) is 5.32 Å². The summed E-state index contributed by atoms with van der Waals surface area (Å²) in [4.78, 5) is 12.4. The fourth-order valence-corrected chi connectivity index (χ4v) is 2.72. The maximum atomic E-state index is 12.4. The summed E-state index contributed by atoms with van der Waals surface area (Å²) in [5.41, 5.74) is 5.71. The Labute approximate surface area is 132 Å². The molecule has 22 heavy (non-hydrogen) atoms. The third kappa shape index (κ3) is 3.74. The first-order valence-corrected chi connectivity index (χ1v) is 7.49. The molecule has 116 valence electrons. The third-order valence-electron chi connectivity index (χ3n) is 3.82. The van der Waals surface area contributed by atoms with E-state index in [0.29, 0.717) is 5.56 Å². The summed E-state index contributed by atoms with van der Waals surface area (Å²) in [6.45, 7) is 8.09. The van der Waals surface area contributed by atoms with E-state index in [-0.39, 0.29) is 12.5 Å². The van der Waals surface area contributed by atoms with Crippen molar-refractivity contribution >= 4 is 5.91 Å². The maximum Gasteiger partial charge on any atom is 0.251 e. The minimum absolute atomic E-state index is 0.138. The normalized spacial score (nSPS) is 12.0. The van der Waals surface area contributed by atoms with E-state index in [1.54, 1.807) is 0 Å². The number of benzene rings is 2. The van der Waals surface area contributed by atoms with Crippen LogP contribution >= 0.6 is 0 Å². The van der Waals surface area contributed by atoms with Crippen molar-refractivity contribution in [2.24, 2.45) is 0 Å². The van der Waals surface area contributed by atoms with Crippen LogP contribution in [-0.2, 0) is 0 Å².